The summed E-state index contributed by atoms with van der Waals surface area (Å²) < 4.78 is 33.9. The van der Waals surface area contributed by atoms with E-state index in [0.29, 0.717) is 13.1 Å². The highest BCUT2D eigenvalue weighted by molar-refractivity contribution is 7.86. The van der Waals surface area contributed by atoms with Crippen molar-refractivity contribution in [3.05, 3.63) is 35.4 Å². The van der Waals surface area contributed by atoms with Gasteiger partial charge in [-0.3, -0.25) is 4.79 Å². The number of hydrogen-bond donors (Lipinski definition) is 0. The molecule has 1 unspecified atom stereocenters. The molecular weight excluding hydrogens is 281 g/mol. The predicted molar refractivity (Wildman–Crippen MR) is 74.2 cm³/mol. The lowest BCUT2D eigenvalue weighted by Crippen LogP contribution is -2.25. The van der Waals surface area contributed by atoms with Gasteiger partial charge in [0.15, 0.2) is 0 Å². The van der Waals surface area contributed by atoms with Crippen molar-refractivity contribution in [2.75, 3.05) is 12.3 Å². The number of amides is 1. The average molecular weight is 299 g/mol. The molecule has 0 radical (unpaired) electrons. The summed E-state index contributed by atoms with van der Waals surface area (Å²) in [5.41, 5.74) is 2.22. The van der Waals surface area contributed by atoms with E-state index in [-0.39, 0.29) is 12.3 Å². The second kappa shape index (κ2) is 5.91. The zero-order valence-electron chi connectivity index (χ0n) is 11.4. The van der Waals surface area contributed by atoms with Crippen molar-refractivity contribution in [3.8, 4) is 0 Å². The monoisotopic (exact) mass is 299 g/mol. The topological polar surface area (TPSA) is 54.5 Å². The van der Waals surface area contributed by atoms with Crippen LogP contribution in [0.25, 0.3) is 0 Å². The summed E-state index contributed by atoms with van der Waals surface area (Å²) in [4.78, 5) is 13.4. The summed E-state index contributed by atoms with van der Waals surface area (Å²) in [7, 11) is -4.52. The van der Waals surface area contributed by atoms with Crippen LogP contribution >= 0.6 is 0 Å². The number of carbonyl (C=O) groups is 1. The highest BCUT2D eigenvalue weighted by Gasteiger charge is 2.32. The summed E-state index contributed by atoms with van der Waals surface area (Å²) in [5, 5.41) is 0. The fraction of sp³-hybridized carbons (Fsp3) is 0.500. The van der Waals surface area contributed by atoms with Gasteiger partial charge >= 0.3 is 10.2 Å². The van der Waals surface area contributed by atoms with Crippen LogP contribution < -0.4 is 0 Å². The van der Waals surface area contributed by atoms with Crippen LogP contribution in [-0.4, -0.2) is 31.5 Å². The van der Waals surface area contributed by atoms with E-state index < -0.39 is 21.9 Å². The zero-order chi connectivity index (χ0) is 14.8. The molecule has 1 heterocycles. The van der Waals surface area contributed by atoms with E-state index in [4.69, 9.17) is 0 Å². The minimum Gasteiger partial charge on any atom is -0.338 e. The fourth-order valence-electron chi connectivity index (χ4n) is 2.50. The third-order valence-electron chi connectivity index (χ3n) is 3.53. The van der Waals surface area contributed by atoms with E-state index in [1.54, 1.807) is 4.90 Å². The lowest BCUT2D eigenvalue weighted by Gasteiger charge is -2.16. The largest absolute Gasteiger partial charge is 0.338 e. The zero-order valence-corrected chi connectivity index (χ0v) is 12.2. The van der Waals surface area contributed by atoms with E-state index >= 15 is 0 Å². The molecule has 110 valence electrons. The molecule has 20 heavy (non-hydrogen) atoms. The van der Waals surface area contributed by atoms with Gasteiger partial charge in [0.25, 0.3) is 0 Å². The van der Waals surface area contributed by atoms with Crippen LogP contribution in [0.15, 0.2) is 24.3 Å². The molecule has 0 aromatic heterocycles. The Kier molecular flexibility index (Phi) is 4.42. The number of carbonyl (C=O) groups excluding carboxylic acids is 1. The van der Waals surface area contributed by atoms with Crippen molar-refractivity contribution in [1.82, 2.24) is 4.90 Å². The number of likely N-dealkylation sites (tertiary alicyclic amines) is 1. The van der Waals surface area contributed by atoms with Gasteiger partial charge in [0.1, 0.15) is 0 Å². The molecule has 0 saturated carbocycles. The fourth-order valence-corrected chi connectivity index (χ4v) is 3.29. The Morgan fingerprint density at radius 1 is 1.25 bits per heavy atom. The molecule has 1 aromatic rings. The number of aryl methyl sites for hydroxylation is 1. The Hall–Kier alpha value is -1.43. The van der Waals surface area contributed by atoms with E-state index in [2.05, 4.69) is 6.92 Å². The van der Waals surface area contributed by atoms with E-state index in [0.717, 1.165) is 12.0 Å². The Balaban J connectivity index is 1.97. The third kappa shape index (κ3) is 4.03. The second-order valence-corrected chi connectivity index (χ2v) is 6.63. The van der Waals surface area contributed by atoms with Gasteiger partial charge in [0.05, 0.1) is 5.75 Å². The van der Waals surface area contributed by atoms with Crippen molar-refractivity contribution < 1.29 is 17.1 Å². The second-order valence-electron chi connectivity index (χ2n) is 5.22. The number of hydrogen-bond acceptors (Lipinski definition) is 3. The molecule has 1 fully saturated rings. The van der Waals surface area contributed by atoms with Crippen molar-refractivity contribution in [3.63, 3.8) is 0 Å². The predicted octanol–water partition coefficient (Wildman–Crippen LogP) is 1.90. The van der Waals surface area contributed by atoms with Crippen LogP contribution in [0.4, 0.5) is 3.89 Å². The quantitative estimate of drug-likeness (QED) is 0.780. The molecule has 1 aliphatic heterocycles. The summed E-state index contributed by atoms with van der Waals surface area (Å²) >= 11 is 0. The number of rotatable bonds is 5. The van der Waals surface area contributed by atoms with Gasteiger partial charge in [0, 0.05) is 25.4 Å². The SMILES string of the molecule is CCc1ccc(CN2CC(CS(=O)(=O)F)CC2=O)cc1. The summed E-state index contributed by atoms with van der Waals surface area (Å²) in [5.74, 6) is -1.12. The van der Waals surface area contributed by atoms with Gasteiger partial charge in [-0.05, 0) is 17.5 Å². The Bertz CT molecular complexity index is 583. The van der Waals surface area contributed by atoms with E-state index in [1.165, 1.54) is 5.56 Å². The molecule has 0 spiro atoms. The van der Waals surface area contributed by atoms with Gasteiger partial charge in [-0.2, -0.15) is 8.42 Å². The lowest BCUT2D eigenvalue weighted by molar-refractivity contribution is -0.128. The molecule has 1 aromatic carbocycles. The molecule has 6 heteroatoms. The average Bonchev–Trinajstić information content (AvgIpc) is 2.68. The summed E-state index contributed by atoms with van der Waals surface area (Å²) in [6.45, 7) is 2.82. The minimum absolute atomic E-state index is 0.107. The molecule has 1 atom stereocenters. The summed E-state index contributed by atoms with van der Waals surface area (Å²) in [6.07, 6.45) is 1.07. The maximum atomic E-state index is 12.6. The molecule has 2 rings (SSSR count). The first kappa shape index (κ1) is 15.0. The Labute approximate surface area is 118 Å². The molecule has 0 N–H and O–H groups in total. The van der Waals surface area contributed by atoms with Gasteiger partial charge in [-0.15, -0.1) is 3.89 Å². The van der Waals surface area contributed by atoms with Crippen LogP contribution in [-0.2, 0) is 28.0 Å². The van der Waals surface area contributed by atoms with E-state index in [9.17, 15) is 17.1 Å². The molecule has 0 aliphatic carbocycles. The van der Waals surface area contributed by atoms with Crippen molar-refractivity contribution in [1.29, 1.82) is 0 Å². The first-order chi connectivity index (χ1) is 9.37. The number of benzene rings is 1. The molecule has 0 bridgehead atoms. The normalized spacial score (nSPS) is 19.6. The van der Waals surface area contributed by atoms with Crippen LogP contribution in [0.1, 0.15) is 24.5 Å². The molecule has 4 nitrogen and oxygen atoms in total. The van der Waals surface area contributed by atoms with Crippen molar-refractivity contribution in [2.45, 2.75) is 26.3 Å². The Morgan fingerprint density at radius 3 is 2.40 bits per heavy atom. The maximum absolute atomic E-state index is 12.6. The first-order valence-corrected chi connectivity index (χ1v) is 8.20. The summed E-state index contributed by atoms with van der Waals surface area (Å²) in [6, 6.07) is 7.95. The van der Waals surface area contributed by atoms with Crippen LogP contribution in [0, 0.1) is 5.92 Å². The highest BCUT2D eigenvalue weighted by Crippen LogP contribution is 2.22. The van der Waals surface area contributed by atoms with E-state index in [1.807, 2.05) is 24.3 Å². The molecule has 1 saturated heterocycles. The van der Waals surface area contributed by atoms with Gasteiger partial charge in [-0.1, -0.05) is 31.2 Å². The number of halogens is 1. The van der Waals surface area contributed by atoms with Crippen LogP contribution in [0.5, 0.6) is 0 Å². The van der Waals surface area contributed by atoms with Gasteiger partial charge in [-0.25, -0.2) is 0 Å². The maximum Gasteiger partial charge on any atom is 0.302 e. The molecular formula is C14H18FNO3S. The van der Waals surface area contributed by atoms with Crippen molar-refractivity contribution in [2.24, 2.45) is 5.92 Å². The lowest BCUT2D eigenvalue weighted by atomic mass is 10.1. The number of nitrogens with zero attached hydrogens (tertiary/aromatic N) is 1. The minimum atomic E-state index is -4.52. The standard InChI is InChI=1S/C14H18FNO3S/c1-2-11-3-5-12(6-4-11)8-16-9-13(7-14(16)17)10-20(15,18)19/h3-6,13H,2,7-10H2,1H3. The Morgan fingerprint density at radius 2 is 1.85 bits per heavy atom. The molecule has 1 aliphatic rings. The van der Waals surface area contributed by atoms with Crippen LogP contribution in [0.3, 0.4) is 0 Å². The third-order valence-corrected chi connectivity index (χ3v) is 4.40. The van der Waals surface area contributed by atoms with Gasteiger partial charge < -0.3 is 4.90 Å². The van der Waals surface area contributed by atoms with Gasteiger partial charge in [0.2, 0.25) is 5.91 Å². The smallest absolute Gasteiger partial charge is 0.302 e. The highest BCUT2D eigenvalue weighted by atomic mass is 32.3. The van der Waals surface area contributed by atoms with Crippen molar-refractivity contribution >= 4 is 16.1 Å². The first-order valence-electron chi connectivity index (χ1n) is 6.65. The van der Waals surface area contributed by atoms with Crippen LogP contribution in [0.2, 0.25) is 0 Å². The molecule has 1 amide bonds.